The van der Waals surface area contributed by atoms with Crippen molar-refractivity contribution in [1.82, 2.24) is 0 Å². The quantitative estimate of drug-likeness (QED) is 0.726. The third-order valence-corrected chi connectivity index (χ3v) is 3.93. The van der Waals surface area contributed by atoms with Gasteiger partial charge >= 0.3 is 0 Å². The van der Waals surface area contributed by atoms with Crippen LogP contribution in [0.1, 0.15) is 44.9 Å². The number of hydrogen-bond donors (Lipinski definition) is 1. The second-order valence-electron chi connectivity index (χ2n) is 5.57. The van der Waals surface area contributed by atoms with Crippen LogP contribution in [0.25, 0.3) is 0 Å². The largest absolute Gasteiger partial charge is 0.393 e. The highest BCUT2D eigenvalue weighted by molar-refractivity contribution is 5.23. The van der Waals surface area contributed by atoms with Crippen LogP contribution in [0, 0.1) is 11.8 Å². The van der Waals surface area contributed by atoms with Crippen LogP contribution in [0.4, 0.5) is 0 Å². The van der Waals surface area contributed by atoms with Crippen molar-refractivity contribution >= 4 is 0 Å². The van der Waals surface area contributed by atoms with Crippen molar-refractivity contribution in [2.24, 2.45) is 11.8 Å². The van der Waals surface area contributed by atoms with Gasteiger partial charge < -0.3 is 5.11 Å². The summed E-state index contributed by atoms with van der Waals surface area (Å²) in [6, 6.07) is 0. The van der Waals surface area contributed by atoms with Gasteiger partial charge in [0, 0.05) is 0 Å². The number of aliphatic hydroxyl groups excluding tert-OH is 1. The van der Waals surface area contributed by atoms with E-state index in [2.05, 4.69) is 30.9 Å². The molecular weight excluding hydrogens is 208 g/mol. The van der Waals surface area contributed by atoms with Gasteiger partial charge in [-0.1, -0.05) is 42.9 Å². The topological polar surface area (TPSA) is 20.2 Å². The molecule has 0 bridgehead atoms. The highest BCUT2D eigenvalue weighted by atomic mass is 16.3. The molecule has 1 saturated carbocycles. The predicted octanol–water partition coefficient (Wildman–Crippen LogP) is 4.01. The fraction of sp³-hybridized carbons (Fsp3) is 0.625. The SMILES string of the molecule is C=C1C=CC(CC/C=C/C2CCCC(O)C2)C1. The van der Waals surface area contributed by atoms with Gasteiger partial charge in [-0.05, 0) is 50.4 Å². The van der Waals surface area contributed by atoms with Crippen molar-refractivity contribution in [2.45, 2.75) is 51.0 Å². The van der Waals surface area contributed by atoms with Crippen LogP contribution in [0.15, 0.2) is 36.5 Å². The van der Waals surface area contributed by atoms with Gasteiger partial charge in [0.05, 0.1) is 6.10 Å². The van der Waals surface area contributed by atoms with Crippen molar-refractivity contribution in [3.8, 4) is 0 Å². The molecule has 0 saturated heterocycles. The van der Waals surface area contributed by atoms with E-state index >= 15 is 0 Å². The van der Waals surface area contributed by atoms with E-state index in [9.17, 15) is 5.11 Å². The molecule has 17 heavy (non-hydrogen) atoms. The van der Waals surface area contributed by atoms with Gasteiger partial charge in [-0.3, -0.25) is 0 Å². The van der Waals surface area contributed by atoms with Crippen LogP contribution < -0.4 is 0 Å². The van der Waals surface area contributed by atoms with Crippen molar-refractivity contribution in [2.75, 3.05) is 0 Å². The van der Waals surface area contributed by atoms with Crippen LogP contribution >= 0.6 is 0 Å². The molecule has 2 rings (SSSR count). The van der Waals surface area contributed by atoms with Crippen molar-refractivity contribution in [3.63, 3.8) is 0 Å². The Labute approximate surface area is 105 Å². The second kappa shape index (κ2) is 6.20. The zero-order chi connectivity index (χ0) is 12.1. The molecule has 1 heteroatoms. The highest BCUT2D eigenvalue weighted by Crippen LogP contribution is 2.27. The van der Waals surface area contributed by atoms with Crippen molar-refractivity contribution in [1.29, 1.82) is 0 Å². The lowest BCUT2D eigenvalue weighted by Gasteiger charge is -2.23. The first-order chi connectivity index (χ1) is 8.24. The molecule has 2 aliphatic carbocycles. The Morgan fingerprint density at radius 2 is 2.29 bits per heavy atom. The molecule has 0 aromatic heterocycles. The Hall–Kier alpha value is -0.820. The molecule has 0 aliphatic heterocycles. The zero-order valence-corrected chi connectivity index (χ0v) is 10.6. The minimum Gasteiger partial charge on any atom is -0.393 e. The molecule has 0 heterocycles. The maximum Gasteiger partial charge on any atom is 0.0545 e. The third kappa shape index (κ3) is 4.16. The summed E-state index contributed by atoms with van der Waals surface area (Å²) in [6.45, 7) is 3.98. The van der Waals surface area contributed by atoms with Gasteiger partial charge in [-0.2, -0.15) is 0 Å². The van der Waals surface area contributed by atoms with E-state index in [1.807, 2.05) is 0 Å². The lowest BCUT2D eigenvalue weighted by atomic mass is 9.87. The summed E-state index contributed by atoms with van der Waals surface area (Å²) in [5.41, 5.74) is 1.27. The van der Waals surface area contributed by atoms with Crippen LogP contribution in [-0.4, -0.2) is 11.2 Å². The van der Waals surface area contributed by atoms with Gasteiger partial charge in [0.25, 0.3) is 0 Å². The highest BCUT2D eigenvalue weighted by Gasteiger charge is 2.17. The van der Waals surface area contributed by atoms with Gasteiger partial charge in [0.1, 0.15) is 0 Å². The van der Waals surface area contributed by atoms with Gasteiger partial charge in [0.2, 0.25) is 0 Å². The zero-order valence-electron chi connectivity index (χ0n) is 10.6. The molecular formula is C16H24O. The fourth-order valence-electron chi connectivity index (χ4n) is 2.92. The average molecular weight is 232 g/mol. The standard InChI is InChI=1S/C16H24O/c1-13-9-10-15(11-13)6-3-2-5-14-7-4-8-16(17)12-14/h2,5,9-10,14-17H,1,3-4,6-8,11-12H2/b5-2+. The Kier molecular flexibility index (Phi) is 4.61. The third-order valence-electron chi connectivity index (χ3n) is 3.93. The Bertz CT molecular complexity index is 313. The predicted molar refractivity (Wildman–Crippen MR) is 72.7 cm³/mol. The normalized spacial score (nSPS) is 33.7. The average Bonchev–Trinajstić information content (AvgIpc) is 2.71. The minimum absolute atomic E-state index is 0.0560. The summed E-state index contributed by atoms with van der Waals surface area (Å²) in [5.74, 6) is 1.33. The molecule has 0 aromatic carbocycles. The summed E-state index contributed by atoms with van der Waals surface area (Å²) in [5, 5.41) is 9.59. The summed E-state index contributed by atoms with van der Waals surface area (Å²) in [6.07, 6.45) is 17.0. The van der Waals surface area contributed by atoms with Crippen LogP contribution in [0.3, 0.4) is 0 Å². The maximum atomic E-state index is 9.59. The molecule has 2 aliphatic rings. The first-order valence-corrected chi connectivity index (χ1v) is 6.95. The summed E-state index contributed by atoms with van der Waals surface area (Å²) in [4.78, 5) is 0. The van der Waals surface area contributed by atoms with Gasteiger partial charge in [-0.25, -0.2) is 0 Å². The maximum absolute atomic E-state index is 9.59. The fourth-order valence-corrected chi connectivity index (χ4v) is 2.92. The van der Waals surface area contributed by atoms with E-state index in [1.54, 1.807) is 0 Å². The minimum atomic E-state index is -0.0560. The first kappa shape index (κ1) is 12.6. The lowest BCUT2D eigenvalue weighted by molar-refractivity contribution is 0.113. The van der Waals surface area contributed by atoms with E-state index in [4.69, 9.17) is 0 Å². The second-order valence-corrected chi connectivity index (χ2v) is 5.57. The molecule has 0 radical (unpaired) electrons. The van der Waals surface area contributed by atoms with Gasteiger partial charge in [-0.15, -0.1) is 0 Å². The van der Waals surface area contributed by atoms with Crippen LogP contribution in [0.5, 0.6) is 0 Å². The molecule has 0 aromatic rings. The Morgan fingerprint density at radius 1 is 1.41 bits per heavy atom. The Balaban J connectivity index is 1.64. The molecule has 94 valence electrons. The molecule has 0 amide bonds. The van der Waals surface area contributed by atoms with E-state index < -0.39 is 0 Å². The van der Waals surface area contributed by atoms with Crippen molar-refractivity contribution < 1.29 is 5.11 Å². The van der Waals surface area contributed by atoms with E-state index in [1.165, 1.54) is 24.8 Å². The lowest BCUT2D eigenvalue weighted by Crippen LogP contribution is -2.17. The van der Waals surface area contributed by atoms with E-state index in [0.717, 1.165) is 25.7 Å². The van der Waals surface area contributed by atoms with Crippen molar-refractivity contribution in [3.05, 3.63) is 36.5 Å². The van der Waals surface area contributed by atoms with E-state index in [0.29, 0.717) is 11.8 Å². The first-order valence-electron chi connectivity index (χ1n) is 6.95. The van der Waals surface area contributed by atoms with Gasteiger partial charge in [0.15, 0.2) is 0 Å². The molecule has 3 unspecified atom stereocenters. The molecule has 3 atom stereocenters. The molecule has 1 fully saturated rings. The summed E-state index contributed by atoms with van der Waals surface area (Å²) < 4.78 is 0. The van der Waals surface area contributed by atoms with Crippen LogP contribution in [0.2, 0.25) is 0 Å². The summed E-state index contributed by atoms with van der Waals surface area (Å²) in [7, 11) is 0. The smallest absolute Gasteiger partial charge is 0.0545 e. The molecule has 1 N–H and O–H groups in total. The number of aliphatic hydroxyl groups is 1. The number of hydrogen-bond acceptors (Lipinski definition) is 1. The monoisotopic (exact) mass is 232 g/mol. The summed E-state index contributed by atoms with van der Waals surface area (Å²) >= 11 is 0. The Morgan fingerprint density at radius 3 is 3.00 bits per heavy atom. The number of allylic oxidation sites excluding steroid dienone is 5. The van der Waals surface area contributed by atoms with E-state index in [-0.39, 0.29) is 6.10 Å². The number of rotatable bonds is 4. The molecule has 0 spiro atoms. The van der Waals surface area contributed by atoms with Crippen LogP contribution in [-0.2, 0) is 0 Å². The molecule has 1 nitrogen and oxygen atoms in total.